The van der Waals surface area contributed by atoms with Gasteiger partial charge in [-0.15, -0.1) is 0 Å². The van der Waals surface area contributed by atoms with Crippen molar-refractivity contribution in [3.05, 3.63) is 84.5 Å². The Morgan fingerprint density at radius 2 is 1.74 bits per heavy atom. The van der Waals surface area contributed by atoms with Gasteiger partial charge in [-0.2, -0.15) is 0 Å². The van der Waals surface area contributed by atoms with Gasteiger partial charge in [-0.1, -0.05) is 48.6 Å². The van der Waals surface area contributed by atoms with Gasteiger partial charge in [-0.05, 0) is 42.8 Å². The summed E-state index contributed by atoms with van der Waals surface area (Å²) in [5.41, 5.74) is -1.31. The molecule has 1 spiro atoms. The molecule has 2 fully saturated rings. The Labute approximate surface area is 226 Å². The van der Waals surface area contributed by atoms with E-state index in [0.717, 1.165) is 0 Å². The molecule has 2 aromatic rings. The molecule has 39 heavy (non-hydrogen) atoms. The Morgan fingerprint density at radius 3 is 2.44 bits per heavy atom. The number of carbonyl (C=O) groups excluding carboxylic acids is 3. The SMILES string of the molecule is COc1ccc(N2CC=C[C@]34O[C@]5(C)C=CCOC(=O)[C@@H]5[C@H]3C(=O)N([C@H](CO)c3ccccc3)C4C2=O)cc1. The number of methoxy groups -OCH3 is 1. The number of aliphatic hydroxyl groups excluding tert-OH is 1. The van der Waals surface area contributed by atoms with Crippen LogP contribution in [0.1, 0.15) is 18.5 Å². The van der Waals surface area contributed by atoms with E-state index in [0.29, 0.717) is 17.0 Å². The third-order valence-electron chi connectivity index (χ3n) is 8.33. The first-order valence-electron chi connectivity index (χ1n) is 13.0. The van der Waals surface area contributed by atoms with Crippen LogP contribution in [0.3, 0.4) is 0 Å². The van der Waals surface area contributed by atoms with E-state index in [1.165, 1.54) is 4.90 Å². The molecule has 202 valence electrons. The number of fused-ring (bicyclic) bond motifs is 2. The number of benzene rings is 2. The van der Waals surface area contributed by atoms with Crippen LogP contribution in [0.5, 0.6) is 5.75 Å². The van der Waals surface area contributed by atoms with Crippen molar-refractivity contribution in [1.29, 1.82) is 0 Å². The molecule has 4 heterocycles. The molecule has 1 N–H and O–H groups in total. The van der Waals surface area contributed by atoms with Gasteiger partial charge in [0.05, 0.1) is 31.3 Å². The highest BCUT2D eigenvalue weighted by atomic mass is 16.6. The normalized spacial score (nSPS) is 32.2. The Balaban J connectivity index is 1.52. The molecule has 9 nitrogen and oxygen atoms in total. The molecule has 2 aromatic carbocycles. The molecule has 9 heteroatoms. The molecule has 0 aromatic heterocycles. The second-order valence-electron chi connectivity index (χ2n) is 10.4. The van der Waals surface area contributed by atoms with Gasteiger partial charge in [0.1, 0.15) is 29.9 Å². The van der Waals surface area contributed by atoms with Gasteiger partial charge in [-0.25, -0.2) is 0 Å². The molecule has 4 aliphatic rings. The van der Waals surface area contributed by atoms with Crippen molar-refractivity contribution in [3.8, 4) is 5.75 Å². The van der Waals surface area contributed by atoms with Crippen LogP contribution in [0.25, 0.3) is 0 Å². The Bertz CT molecular complexity index is 1360. The van der Waals surface area contributed by atoms with Gasteiger partial charge >= 0.3 is 5.97 Å². The van der Waals surface area contributed by atoms with Crippen molar-refractivity contribution in [2.45, 2.75) is 30.2 Å². The molecule has 0 aliphatic carbocycles. The lowest BCUT2D eigenvalue weighted by Crippen LogP contribution is -2.57. The van der Waals surface area contributed by atoms with Crippen LogP contribution in [-0.4, -0.2) is 71.9 Å². The van der Waals surface area contributed by atoms with Gasteiger partial charge in [0.25, 0.3) is 5.91 Å². The van der Waals surface area contributed by atoms with Crippen molar-refractivity contribution in [3.63, 3.8) is 0 Å². The monoisotopic (exact) mass is 530 g/mol. The molecular formula is C30H30N2O7. The Hall–Kier alpha value is -3.95. The predicted molar refractivity (Wildman–Crippen MR) is 141 cm³/mol. The summed E-state index contributed by atoms with van der Waals surface area (Å²) in [6.07, 6.45) is 7.04. The summed E-state index contributed by atoms with van der Waals surface area (Å²) < 4.78 is 17.4. The van der Waals surface area contributed by atoms with Crippen molar-refractivity contribution in [2.75, 3.05) is 31.8 Å². The predicted octanol–water partition coefficient (Wildman–Crippen LogP) is 2.42. The zero-order valence-electron chi connectivity index (χ0n) is 21.7. The maximum atomic E-state index is 14.6. The summed E-state index contributed by atoms with van der Waals surface area (Å²) in [6.45, 7) is 1.66. The quantitative estimate of drug-likeness (QED) is 0.468. The van der Waals surface area contributed by atoms with E-state index < -0.39 is 53.6 Å². The van der Waals surface area contributed by atoms with Crippen LogP contribution in [0.15, 0.2) is 78.9 Å². The zero-order valence-corrected chi connectivity index (χ0v) is 21.7. The topological polar surface area (TPSA) is 106 Å². The van der Waals surface area contributed by atoms with E-state index in [9.17, 15) is 19.5 Å². The summed E-state index contributed by atoms with van der Waals surface area (Å²) in [4.78, 5) is 45.3. The smallest absolute Gasteiger partial charge is 0.313 e. The number of esters is 1. The van der Waals surface area contributed by atoms with Crippen LogP contribution in [0.2, 0.25) is 0 Å². The van der Waals surface area contributed by atoms with Crippen LogP contribution in [0, 0.1) is 11.8 Å². The van der Waals surface area contributed by atoms with Gasteiger partial charge < -0.3 is 29.1 Å². The van der Waals surface area contributed by atoms with Crippen molar-refractivity contribution >= 4 is 23.5 Å². The number of nitrogens with zero attached hydrogens (tertiary/aromatic N) is 2. The minimum Gasteiger partial charge on any atom is -0.497 e. The lowest BCUT2D eigenvalue weighted by Gasteiger charge is -2.40. The average Bonchev–Trinajstić information content (AvgIpc) is 3.20. The fraction of sp³-hybridized carbons (Fsp3) is 0.367. The Morgan fingerprint density at radius 1 is 1.00 bits per heavy atom. The van der Waals surface area contributed by atoms with E-state index in [2.05, 4.69) is 0 Å². The van der Waals surface area contributed by atoms with Gasteiger partial charge in [0.2, 0.25) is 5.91 Å². The Kier molecular flexibility index (Phi) is 6.08. The molecule has 1 unspecified atom stereocenters. The number of anilines is 1. The van der Waals surface area contributed by atoms with E-state index in [4.69, 9.17) is 14.2 Å². The van der Waals surface area contributed by atoms with Crippen LogP contribution >= 0.6 is 0 Å². The number of hydrogen-bond acceptors (Lipinski definition) is 7. The van der Waals surface area contributed by atoms with E-state index in [1.54, 1.807) is 73.6 Å². The minimum atomic E-state index is -1.45. The molecule has 0 radical (unpaired) electrons. The van der Waals surface area contributed by atoms with Crippen molar-refractivity contribution in [2.24, 2.45) is 11.8 Å². The standard InChI is InChI=1S/C30H30N2O7/c1-29-14-7-17-38-28(36)24(29)23-26(34)32(22(18-33)19-8-4-3-5-9-19)25-27(35)31(16-6-15-30(23,25)39-29)20-10-12-21(37-2)13-11-20/h3-15,22-25,33H,16-18H2,1-2H3/t22-,23+,24+,25?,29-,30+/m1/s1. The molecule has 6 atom stereocenters. The van der Waals surface area contributed by atoms with Crippen molar-refractivity contribution < 1.29 is 33.7 Å². The fourth-order valence-corrected chi connectivity index (χ4v) is 6.65. The van der Waals surface area contributed by atoms with E-state index >= 15 is 0 Å². The average molecular weight is 531 g/mol. The first-order valence-corrected chi connectivity index (χ1v) is 13.0. The lowest BCUT2D eigenvalue weighted by atomic mass is 9.75. The largest absolute Gasteiger partial charge is 0.497 e. The highest BCUT2D eigenvalue weighted by molar-refractivity contribution is 6.06. The molecule has 2 saturated heterocycles. The summed E-state index contributed by atoms with van der Waals surface area (Å²) in [7, 11) is 1.57. The highest BCUT2D eigenvalue weighted by Gasteiger charge is 2.75. The molecule has 0 bridgehead atoms. The molecule has 6 rings (SSSR count). The number of amides is 2. The summed E-state index contributed by atoms with van der Waals surface area (Å²) in [5, 5.41) is 10.6. The summed E-state index contributed by atoms with van der Waals surface area (Å²) in [6, 6.07) is 14.2. The number of rotatable bonds is 5. The fourth-order valence-electron chi connectivity index (χ4n) is 6.65. The second kappa shape index (κ2) is 9.36. The van der Waals surface area contributed by atoms with Crippen LogP contribution in [0.4, 0.5) is 5.69 Å². The third-order valence-corrected chi connectivity index (χ3v) is 8.33. The highest BCUT2D eigenvalue weighted by Crippen LogP contribution is 2.58. The van der Waals surface area contributed by atoms with E-state index in [-0.39, 0.29) is 19.1 Å². The van der Waals surface area contributed by atoms with Crippen LogP contribution in [-0.2, 0) is 23.9 Å². The zero-order chi connectivity index (χ0) is 27.4. The van der Waals surface area contributed by atoms with Crippen LogP contribution < -0.4 is 9.64 Å². The lowest BCUT2D eigenvalue weighted by molar-refractivity contribution is -0.157. The molecule has 0 saturated carbocycles. The number of ether oxygens (including phenoxy) is 3. The second-order valence-corrected chi connectivity index (χ2v) is 10.4. The van der Waals surface area contributed by atoms with Gasteiger partial charge in [-0.3, -0.25) is 14.4 Å². The number of likely N-dealkylation sites (tertiary alicyclic amines) is 1. The molecular weight excluding hydrogens is 500 g/mol. The number of hydrogen-bond donors (Lipinski definition) is 1. The molecule has 2 amide bonds. The van der Waals surface area contributed by atoms with Gasteiger partial charge in [0, 0.05) is 12.2 Å². The molecule has 4 aliphatic heterocycles. The number of carbonyl (C=O) groups is 3. The summed E-state index contributed by atoms with van der Waals surface area (Å²) >= 11 is 0. The van der Waals surface area contributed by atoms with Gasteiger partial charge in [0.15, 0.2) is 0 Å². The maximum absolute atomic E-state index is 14.6. The summed E-state index contributed by atoms with van der Waals surface area (Å²) in [5.74, 6) is -2.68. The minimum absolute atomic E-state index is 0.0820. The first kappa shape index (κ1) is 25.3. The maximum Gasteiger partial charge on any atom is 0.313 e. The first-order chi connectivity index (χ1) is 18.8. The number of aliphatic hydroxyl groups is 1. The van der Waals surface area contributed by atoms with Crippen molar-refractivity contribution in [1.82, 2.24) is 4.90 Å². The number of cyclic esters (lactones) is 1. The van der Waals surface area contributed by atoms with E-state index in [1.807, 2.05) is 24.3 Å². The third kappa shape index (κ3) is 3.71.